The summed E-state index contributed by atoms with van der Waals surface area (Å²) in [4.78, 5) is 16.3. The van der Waals surface area contributed by atoms with E-state index < -0.39 is 0 Å². The molecule has 2 N–H and O–H groups in total. The van der Waals surface area contributed by atoms with Gasteiger partial charge in [-0.15, -0.1) is 11.3 Å². The van der Waals surface area contributed by atoms with E-state index in [9.17, 15) is 4.79 Å². The smallest absolute Gasteiger partial charge is 0.247 e. The molecular weight excluding hydrogens is 400 g/mol. The molecule has 1 aromatic heterocycles. The maximum atomic E-state index is 11.9. The van der Waals surface area contributed by atoms with Crippen molar-refractivity contribution in [1.82, 2.24) is 10.4 Å². The zero-order valence-electron chi connectivity index (χ0n) is 13.1. The van der Waals surface area contributed by atoms with Crippen molar-refractivity contribution in [1.29, 1.82) is 0 Å². The number of aromatic nitrogens is 1. The highest BCUT2D eigenvalue weighted by Gasteiger charge is 2.07. The van der Waals surface area contributed by atoms with Crippen LogP contribution in [0.2, 0.25) is 0 Å². The van der Waals surface area contributed by atoms with Crippen molar-refractivity contribution in [2.24, 2.45) is 5.10 Å². The third-order valence-electron chi connectivity index (χ3n) is 3.23. The van der Waals surface area contributed by atoms with E-state index in [1.165, 1.54) is 11.3 Å². The average Bonchev–Trinajstić information content (AvgIpc) is 3.09. The van der Waals surface area contributed by atoms with Gasteiger partial charge in [0.2, 0.25) is 5.91 Å². The van der Waals surface area contributed by atoms with Gasteiger partial charge in [0.1, 0.15) is 6.54 Å². The zero-order chi connectivity index (χ0) is 17.5. The SMILES string of the molecule is O=C(CN/N=C/c1ccc(Br)cc1)Nc1nc(-c2ccccc2)cs1. The predicted octanol–water partition coefficient (Wildman–Crippen LogP) is 4.13. The standard InChI is InChI=1S/C18H15BrN4OS/c19-15-8-6-13(7-9-15)10-20-21-11-17(24)23-18-22-16(12-25-18)14-4-2-1-3-5-14/h1-10,12,21H,11H2,(H,22,23,24)/b20-10+. The van der Waals surface area contributed by atoms with Gasteiger partial charge in [0.05, 0.1) is 11.9 Å². The Balaban J connectivity index is 1.48. The summed E-state index contributed by atoms with van der Waals surface area (Å²) in [6.45, 7) is 0.0767. The van der Waals surface area contributed by atoms with Crippen LogP contribution in [0.1, 0.15) is 5.56 Å². The molecule has 0 unspecified atom stereocenters. The number of halogens is 1. The Morgan fingerprint density at radius 2 is 1.92 bits per heavy atom. The Morgan fingerprint density at radius 3 is 2.68 bits per heavy atom. The van der Waals surface area contributed by atoms with Crippen molar-refractivity contribution in [3.05, 3.63) is 70.0 Å². The molecule has 3 rings (SSSR count). The van der Waals surface area contributed by atoms with Crippen molar-refractivity contribution in [2.75, 3.05) is 11.9 Å². The number of thiazole rings is 1. The van der Waals surface area contributed by atoms with Gasteiger partial charge in [0.15, 0.2) is 5.13 Å². The van der Waals surface area contributed by atoms with Gasteiger partial charge in [-0.05, 0) is 17.7 Å². The largest absolute Gasteiger partial charge is 0.301 e. The third-order valence-corrected chi connectivity index (χ3v) is 4.52. The molecule has 3 aromatic rings. The molecule has 0 aliphatic rings. The number of hydrogen-bond donors (Lipinski definition) is 2. The van der Waals surface area contributed by atoms with Crippen LogP contribution in [-0.4, -0.2) is 23.7 Å². The highest BCUT2D eigenvalue weighted by molar-refractivity contribution is 9.10. The maximum absolute atomic E-state index is 11.9. The molecule has 1 heterocycles. The van der Waals surface area contributed by atoms with Crippen LogP contribution in [0.3, 0.4) is 0 Å². The van der Waals surface area contributed by atoms with Gasteiger partial charge in [0, 0.05) is 15.4 Å². The van der Waals surface area contributed by atoms with Crippen molar-refractivity contribution < 1.29 is 4.79 Å². The highest BCUT2D eigenvalue weighted by atomic mass is 79.9. The first-order chi connectivity index (χ1) is 12.2. The lowest BCUT2D eigenvalue weighted by atomic mass is 10.2. The third kappa shape index (κ3) is 5.23. The van der Waals surface area contributed by atoms with E-state index in [0.29, 0.717) is 5.13 Å². The van der Waals surface area contributed by atoms with Crippen LogP contribution in [0.25, 0.3) is 11.3 Å². The van der Waals surface area contributed by atoms with E-state index in [0.717, 1.165) is 21.3 Å². The van der Waals surface area contributed by atoms with E-state index in [-0.39, 0.29) is 12.5 Å². The Bertz CT molecular complexity index is 862. The van der Waals surface area contributed by atoms with Gasteiger partial charge in [-0.1, -0.05) is 58.4 Å². The summed E-state index contributed by atoms with van der Waals surface area (Å²) in [7, 11) is 0. The lowest BCUT2D eigenvalue weighted by molar-refractivity contribution is -0.115. The Labute approximate surface area is 157 Å². The van der Waals surface area contributed by atoms with Crippen LogP contribution in [0, 0.1) is 0 Å². The number of anilines is 1. The molecule has 7 heteroatoms. The van der Waals surface area contributed by atoms with E-state index in [1.54, 1.807) is 6.21 Å². The van der Waals surface area contributed by atoms with Gasteiger partial charge in [-0.2, -0.15) is 5.10 Å². The molecule has 0 saturated heterocycles. The lowest BCUT2D eigenvalue weighted by Crippen LogP contribution is -2.24. The van der Waals surface area contributed by atoms with E-state index in [2.05, 4.69) is 36.8 Å². The fourth-order valence-electron chi connectivity index (χ4n) is 2.02. The number of nitrogens with one attached hydrogen (secondary N) is 2. The molecule has 0 saturated carbocycles. The monoisotopic (exact) mass is 414 g/mol. The second-order valence-electron chi connectivity index (χ2n) is 5.10. The number of benzene rings is 2. The number of carbonyl (C=O) groups is 1. The van der Waals surface area contributed by atoms with E-state index in [4.69, 9.17) is 0 Å². The van der Waals surface area contributed by atoms with Gasteiger partial charge < -0.3 is 10.7 Å². The molecule has 0 fully saturated rings. The molecule has 1 amide bonds. The number of rotatable bonds is 6. The first-order valence-corrected chi connectivity index (χ1v) is 9.20. The summed E-state index contributed by atoms with van der Waals surface area (Å²) >= 11 is 4.77. The molecule has 0 atom stereocenters. The van der Waals surface area contributed by atoms with Crippen molar-refractivity contribution in [3.63, 3.8) is 0 Å². The molecule has 5 nitrogen and oxygen atoms in total. The number of hydrazone groups is 1. The molecule has 2 aromatic carbocycles. The van der Waals surface area contributed by atoms with Crippen molar-refractivity contribution >= 4 is 44.5 Å². The predicted molar refractivity (Wildman–Crippen MR) is 106 cm³/mol. The number of carbonyl (C=O) groups excluding carboxylic acids is 1. The van der Waals surface area contributed by atoms with E-state index >= 15 is 0 Å². The fraction of sp³-hybridized carbons (Fsp3) is 0.0556. The summed E-state index contributed by atoms with van der Waals surface area (Å²) in [6, 6.07) is 17.6. The molecule has 0 aliphatic carbocycles. The summed E-state index contributed by atoms with van der Waals surface area (Å²) < 4.78 is 1.01. The lowest BCUT2D eigenvalue weighted by Gasteiger charge is -2.01. The maximum Gasteiger partial charge on any atom is 0.247 e. The zero-order valence-corrected chi connectivity index (χ0v) is 15.5. The highest BCUT2D eigenvalue weighted by Crippen LogP contribution is 2.24. The van der Waals surface area contributed by atoms with Crippen LogP contribution in [-0.2, 0) is 4.79 Å². The minimum Gasteiger partial charge on any atom is -0.301 e. The molecule has 126 valence electrons. The number of hydrogen-bond acceptors (Lipinski definition) is 5. The first-order valence-electron chi connectivity index (χ1n) is 7.53. The molecule has 25 heavy (non-hydrogen) atoms. The number of nitrogens with zero attached hydrogens (tertiary/aromatic N) is 2. The summed E-state index contributed by atoms with van der Waals surface area (Å²) in [6.07, 6.45) is 1.66. The fourth-order valence-corrected chi connectivity index (χ4v) is 3.02. The molecule has 0 aliphatic heterocycles. The number of amides is 1. The minimum atomic E-state index is -0.193. The molecule has 0 spiro atoms. The van der Waals surface area contributed by atoms with Crippen molar-refractivity contribution in [2.45, 2.75) is 0 Å². The van der Waals surface area contributed by atoms with Crippen LogP contribution >= 0.6 is 27.3 Å². The van der Waals surface area contributed by atoms with Crippen LogP contribution < -0.4 is 10.7 Å². The molecule has 0 bridgehead atoms. The Morgan fingerprint density at radius 1 is 1.16 bits per heavy atom. The van der Waals surface area contributed by atoms with Crippen LogP contribution in [0.5, 0.6) is 0 Å². The summed E-state index contributed by atoms with van der Waals surface area (Å²) in [5.41, 5.74) is 5.55. The normalized spacial score (nSPS) is 10.8. The molecule has 0 radical (unpaired) electrons. The quantitative estimate of drug-likeness (QED) is 0.470. The Kier molecular flexibility index (Phi) is 5.92. The van der Waals surface area contributed by atoms with E-state index in [1.807, 2.05) is 60.0 Å². The van der Waals surface area contributed by atoms with Gasteiger partial charge in [-0.25, -0.2) is 4.98 Å². The van der Waals surface area contributed by atoms with Gasteiger partial charge in [0.25, 0.3) is 0 Å². The molecular formula is C18H15BrN4OS. The minimum absolute atomic E-state index is 0.0767. The van der Waals surface area contributed by atoms with Crippen molar-refractivity contribution in [3.8, 4) is 11.3 Å². The summed E-state index contributed by atoms with van der Waals surface area (Å²) in [5.74, 6) is -0.193. The summed E-state index contributed by atoms with van der Waals surface area (Å²) in [5, 5.41) is 9.29. The first kappa shape index (κ1) is 17.3. The average molecular weight is 415 g/mol. The second-order valence-corrected chi connectivity index (χ2v) is 6.87. The van der Waals surface area contributed by atoms with Gasteiger partial charge >= 0.3 is 0 Å². The van der Waals surface area contributed by atoms with Gasteiger partial charge in [-0.3, -0.25) is 4.79 Å². The van der Waals surface area contributed by atoms with Crippen LogP contribution in [0.15, 0.2) is 69.6 Å². The van der Waals surface area contributed by atoms with Crippen LogP contribution in [0.4, 0.5) is 5.13 Å². The topological polar surface area (TPSA) is 66.4 Å². The Hall–Kier alpha value is -2.51. The second kappa shape index (κ2) is 8.55.